The highest BCUT2D eigenvalue weighted by molar-refractivity contribution is 8.26. The Morgan fingerprint density at radius 3 is 2.46 bits per heavy atom. The molecule has 3 rings (SSSR count). The topological polar surface area (TPSA) is 49.8 Å². The van der Waals surface area contributed by atoms with Gasteiger partial charge in [-0.25, -0.2) is 0 Å². The summed E-state index contributed by atoms with van der Waals surface area (Å²) >= 11 is 6.63. The molecule has 1 aliphatic heterocycles. The molecular weight excluding hydrogens is 342 g/mol. The standard InChI is InChI=1S/C18H15NO3S2/c1-22-15-8-4-13(5-9-15)11-19-17(21)16(24-18(19)23)10-12-2-6-14(20)7-3-12/h2-10,20H,11H2,1H3. The maximum absolute atomic E-state index is 12.6. The molecule has 1 saturated heterocycles. The van der Waals surface area contributed by atoms with Gasteiger partial charge in [0.2, 0.25) is 0 Å². The normalized spacial score (nSPS) is 16.0. The Bertz CT molecular complexity index is 798. The zero-order chi connectivity index (χ0) is 17.1. The SMILES string of the molecule is COc1ccc(CN2C(=O)C(=Cc3ccc(O)cc3)SC2=S)cc1. The molecule has 24 heavy (non-hydrogen) atoms. The van der Waals surface area contributed by atoms with Gasteiger partial charge in [0.15, 0.2) is 0 Å². The number of thiocarbonyl (C=S) groups is 1. The third kappa shape index (κ3) is 3.60. The fourth-order valence-corrected chi connectivity index (χ4v) is 3.53. The molecule has 2 aromatic carbocycles. The van der Waals surface area contributed by atoms with Gasteiger partial charge in [0.05, 0.1) is 18.6 Å². The van der Waals surface area contributed by atoms with Gasteiger partial charge in [-0.15, -0.1) is 0 Å². The minimum Gasteiger partial charge on any atom is -0.508 e. The third-order valence-corrected chi connectivity index (χ3v) is 4.94. The number of carbonyl (C=O) groups is 1. The van der Waals surface area contributed by atoms with Gasteiger partial charge < -0.3 is 9.84 Å². The molecule has 0 aromatic heterocycles. The molecule has 0 atom stereocenters. The Labute approximate surface area is 149 Å². The number of methoxy groups -OCH3 is 1. The summed E-state index contributed by atoms with van der Waals surface area (Å²) in [7, 11) is 1.62. The second-order valence-corrected chi connectivity index (χ2v) is 6.88. The van der Waals surface area contributed by atoms with E-state index < -0.39 is 0 Å². The van der Waals surface area contributed by atoms with Crippen LogP contribution in [-0.4, -0.2) is 27.3 Å². The van der Waals surface area contributed by atoms with E-state index >= 15 is 0 Å². The highest BCUT2D eigenvalue weighted by Crippen LogP contribution is 2.33. The van der Waals surface area contributed by atoms with Crippen LogP contribution in [0.3, 0.4) is 0 Å². The molecule has 1 N–H and O–H groups in total. The van der Waals surface area contributed by atoms with Gasteiger partial charge in [-0.2, -0.15) is 0 Å². The quantitative estimate of drug-likeness (QED) is 0.666. The Hall–Kier alpha value is -2.31. The number of amides is 1. The van der Waals surface area contributed by atoms with Crippen molar-refractivity contribution in [2.45, 2.75) is 6.54 Å². The lowest BCUT2D eigenvalue weighted by Gasteiger charge is -2.14. The molecule has 122 valence electrons. The first kappa shape index (κ1) is 16.5. The van der Waals surface area contributed by atoms with E-state index in [4.69, 9.17) is 17.0 Å². The van der Waals surface area contributed by atoms with Crippen LogP contribution in [0.25, 0.3) is 6.08 Å². The van der Waals surface area contributed by atoms with Crippen LogP contribution in [0, 0.1) is 0 Å². The summed E-state index contributed by atoms with van der Waals surface area (Å²) < 4.78 is 5.68. The average molecular weight is 357 g/mol. The lowest BCUT2D eigenvalue weighted by atomic mass is 10.2. The van der Waals surface area contributed by atoms with Gasteiger partial charge in [0.1, 0.15) is 15.8 Å². The molecular formula is C18H15NO3S2. The van der Waals surface area contributed by atoms with Crippen LogP contribution in [0.5, 0.6) is 11.5 Å². The van der Waals surface area contributed by atoms with Gasteiger partial charge in [0.25, 0.3) is 5.91 Å². The first-order valence-corrected chi connectivity index (χ1v) is 8.46. The number of thioether (sulfide) groups is 1. The molecule has 0 spiro atoms. The van der Waals surface area contributed by atoms with Gasteiger partial charge in [0, 0.05) is 0 Å². The van der Waals surface area contributed by atoms with Crippen molar-refractivity contribution in [3.8, 4) is 11.5 Å². The van der Waals surface area contributed by atoms with Crippen molar-refractivity contribution in [2.24, 2.45) is 0 Å². The van der Waals surface area contributed by atoms with E-state index in [1.807, 2.05) is 24.3 Å². The second kappa shape index (κ2) is 7.07. The smallest absolute Gasteiger partial charge is 0.266 e. The van der Waals surface area contributed by atoms with Crippen molar-refractivity contribution in [2.75, 3.05) is 7.11 Å². The summed E-state index contributed by atoms with van der Waals surface area (Å²) in [6, 6.07) is 14.2. The highest BCUT2D eigenvalue weighted by atomic mass is 32.2. The van der Waals surface area contributed by atoms with E-state index in [2.05, 4.69) is 0 Å². The van der Waals surface area contributed by atoms with Crippen LogP contribution >= 0.6 is 24.0 Å². The molecule has 2 aromatic rings. The van der Waals surface area contributed by atoms with Gasteiger partial charge in [-0.05, 0) is 41.5 Å². The number of ether oxygens (including phenoxy) is 1. The monoisotopic (exact) mass is 357 g/mol. The average Bonchev–Trinajstić information content (AvgIpc) is 2.85. The summed E-state index contributed by atoms with van der Waals surface area (Å²) in [5, 5.41) is 9.32. The maximum Gasteiger partial charge on any atom is 0.266 e. The molecule has 1 heterocycles. The van der Waals surface area contributed by atoms with E-state index in [9.17, 15) is 9.90 Å². The van der Waals surface area contributed by atoms with E-state index in [0.717, 1.165) is 16.9 Å². The predicted octanol–water partition coefficient (Wildman–Crippen LogP) is 3.80. The lowest BCUT2D eigenvalue weighted by molar-refractivity contribution is -0.122. The van der Waals surface area contributed by atoms with Crippen LogP contribution in [0.4, 0.5) is 0 Å². The van der Waals surface area contributed by atoms with Crippen molar-refractivity contribution in [3.63, 3.8) is 0 Å². The van der Waals surface area contributed by atoms with Crippen molar-refractivity contribution in [3.05, 3.63) is 64.6 Å². The van der Waals surface area contributed by atoms with Crippen molar-refractivity contribution in [1.29, 1.82) is 0 Å². The molecule has 4 nitrogen and oxygen atoms in total. The van der Waals surface area contributed by atoms with Crippen LogP contribution in [0.2, 0.25) is 0 Å². The molecule has 0 aliphatic carbocycles. The molecule has 0 unspecified atom stereocenters. The number of rotatable bonds is 4. The maximum atomic E-state index is 12.6. The number of hydrogen-bond donors (Lipinski definition) is 1. The molecule has 0 radical (unpaired) electrons. The fourth-order valence-electron chi connectivity index (χ4n) is 2.27. The third-order valence-electron chi connectivity index (χ3n) is 3.56. The summed E-state index contributed by atoms with van der Waals surface area (Å²) in [5.74, 6) is 0.865. The molecule has 0 bridgehead atoms. The number of phenols is 1. The first-order valence-electron chi connectivity index (χ1n) is 7.24. The number of aromatic hydroxyl groups is 1. The van der Waals surface area contributed by atoms with E-state index in [0.29, 0.717) is 15.8 Å². The Morgan fingerprint density at radius 2 is 1.83 bits per heavy atom. The minimum atomic E-state index is -0.103. The van der Waals surface area contributed by atoms with Crippen LogP contribution in [-0.2, 0) is 11.3 Å². The number of carbonyl (C=O) groups excluding carboxylic acids is 1. The number of phenolic OH excluding ortho intramolecular Hbond substituents is 1. The van der Waals surface area contributed by atoms with Crippen molar-refractivity contribution in [1.82, 2.24) is 4.90 Å². The van der Waals surface area contributed by atoms with Gasteiger partial charge >= 0.3 is 0 Å². The summed E-state index contributed by atoms with van der Waals surface area (Å²) in [5.41, 5.74) is 1.83. The second-order valence-electron chi connectivity index (χ2n) is 5.21. The number of hydrogen-bond acceptors (Lipinski definition) is 5. The molecule has 1 fully saturated rings. The predicted molar refractivity (Wildman–Crippen MR) is 99.8 cm³/mol. The van der Waals surface area contributed by atoms with Gasteiger partial charge in [-0.3, -0.25) is 9.69 Å². The van der Waals surface area contributed by atoms with Crippen molar-refractivity contribution < 1.29 is 14.6 Å². The molecule has 6 heteroatoms. The lowest BCUT2D eigenvalue weighted by Crippen LogP contribution is -2.27. The van der Waals surface area contributed by atoms with E-state index in [-0.39, 0.29) is 11.7 Å². The van der Waals surface area contributed by atoms with E-state index in [1.54, 1.807) is 42.4 Å². The van der Waals surface area contributed by atoms with Crippen LogP contribution in [0.15, 0.2) is 53.4 Å². The zero-order valence-corrected chi connectivity index (χ0v) is 14.6. The fraction of sp³-hybridized carbons (Fsp3) is 0.111. The Kier molecular flexibility index (Phi) is 4.87. The highest BCUT2D eigenvalue weighted by Gasteiger charge is 2.31. The summed E-state index contributed by atoms with van der Waals surface area (Å²) in [4.78, 5) is 14.8. The minimum absolute atomic E-state index is 0.103. The largest absolute Gasteiger partial charge is 0.508 e. The van der Waals surface area contributed by atoms with Gasteiger partial charge in [-0.1, -0.05) is 48.2 Å². The molecule has 1 amide bonds. The first-order chi connectivity index (χ1) is 11.6. The van der Waals surface area contributed by atoms with Crippen LogP contribution < -0.4 is 4.74 Å². The Balaban J connectivity index is 1.77. The van der Waals surface area contributed by atoms with E-state index in [1.165, 1.54) is 11.8 Å². The zero-order valence-electron chi connectivity index (χ0n) is 12.9. The van der Waals surface area contributed by atoms with Crippen LogP contribution in [0.1, 0.15) is 11.1 Å². The summed E-state index contributed by atoms with van der Waals surface area (Å²) in [6.45, 7) is 0.432. The number of nitrogens with zero attached hydrogens (tertiary/aromatic N) is 1. The number of benzene rings is 2. The summed E-state index contributed by atoms with van der Waals surface area (Å²) in [6.07, 6.45) is 1.78. The molecule has 1 aliphatic rings. The Morgan fingerprint density at radius 1 is 1.17 bits per heavy atom. The van der Waals surface area contributed by atoms with Crippen molar-refractivity contribution >= 4 is 40.3 Å². The molecule has 0 saturated carbocycles.